The van der Waals surface area contributed by atoms with Gasteiger partial charge in [0.1, 0.15) is 5.60 Å². The second-order valence-corrected chi connectivity index (χ2v) is 5.80. The van der Waals surface area contributed by atoms with Crippen LogP contribution in [0.1, 0.15) is 71.5 Å². The van der Waals surface area contributed by atoms with E-state index in [0.717, 1.165) is 32.2 Å². The summed E-state index contributed by atoms with van der Waals surface area (Å²) in [5.41, 5.74) is 5.23. The Morgan fingerprint density at radius 1 is 1.24 bits per heavy atom. The molecular formula is C16H31N3O2. The zero-order chi connectivity index (χ0) is 15.7. The van der Waals surface area contributed by atoms with E-state index >= 15 is 0 Å². The number of rotatable bonds is 11. The van der Waals surface area contributed by atoms with Gasteiger partial charge in [-0.15, -0.1) is 0 Å². The number of hydrogen-bond acceptors (Lipinski definition) is 5. The molecule has 0 bridgehead atoms. The lowest BCUT2D eigenvalue weighted by Crippen LogP contribution is -2.26. The molecule has 2 unspecified atom stereocenters. The summed E-state index contributed by atoms with van der Waals surface area (Å²) in [5, 5.41) is 4.11. The van der Waals surface area contributed by atoms with Crippen LogP contribution < -0.4 is 5.73 Å². The number of aromatic nitrogens is 2. The van der Waals surface area contributed by atoms with Crippen molar-refractivity contribution < 1.29 is 9.26 Å². The average Bonchev–Trinajstić information content (AvgIpc) is 2.95. The molecule has 5 heteroatoms. The predicted octanol–water partition coefficient (Wildman–Crippen LogP) is 3.43. The molecule has 0 saturated heterocycles. The van der Waals surface area contributed by atoms with E-state index in [1.165, 1.54) is 12.8 Å². The Hall–Kier alpha value is -0.940. The van der Waals surface area contributed by atoms with E-state index < -0.39 is 5.60 Å². The van der Waals surface area contributed by atoms with E-state index in [2.05, 4.69) is 24.0 Å². The van der Waals surface area contributed by atoms with Gasteiger partial charge in [-0.05, 0) is 45.6 Å². The van der Waals surface area contributed by atoms with Crippen LogP contribution in [0.5, 0.6) is 0 Å². The smallest absolute Gasteiger partial charge is 0.226 e. The Balaban J connectivity index is 2.62. The van der Waals surface area contributed by atoms with Crippen molar-refractivity contribution in [1.82, 2.24) is 10.1 Å². The molecule has 0 spiro atoms. The number of hydrogen-bond donors (Lipinski definition) is 1. The Morgan fingerprint density at radius 3 is 2.57 bits per heavy atom. The summed E-state index contributed by atoms with van der Waals surface area (Å²) >= 11 is 0. The van der Waals surface area contributed by atoms with Gasteiger partial charge in [-0.25, -0.2) is 0 Å². The first-order chi connectivity index (χ1) is 10.1. The predicted molar refractivity (Wildman–Crippen MR) is 84.0 cm³/mol. The van der Waals surface area contributed by atoms with Crippen molar-refractivity contribution in [3.63, 3.8) is 0 Å². The molecule has 5 nitrogen and oxygen atoms in total. The van der Waals surface area contributed by atoms with Gasteiger partial charge in [0.15, 0.2) is 0 Å². The molecule has 1 rings (SSSR count). The maximum atomic E-state index is 5.78. The minimum absolute atomic E-state index is 0.448. The molecule has 0 amide bonds. The summed E-state index contributed by atoms with van der Waals surface area (Å²) in [4.78, 5) is 4.53. The van der Waals surface area contributed by atoms with Crippen LogP contribution in [0.15, 0.2) is 4.52 Å². The van der Waals surface area contributed by atoms with Crippen molar-refractivity contribution in [3.8, 4) is 0 Å². The van der Waals surface area contributed by atoms with Gasteiger partial charge in [0.2, 0.25) is 11.7 Å². The van der Waals surface area contributed by atoms with Crippen LogP contribution in [-0.4, -0.2) is 23.3 Å². The monoisotopic (exact) mass is 297 g/mol. The minimum Gasteiger partial charge on any atom is -0.367 e. The molecule has 0 aromatic carbocycles. The van der Waals surface area contributed by atoms with Crippen molar-refractivity contribution >= 4 is 0 Å². The third kappa shape index (κ3) is 5.40. The summed E-state index contributed by atoms with van der Waals surface area (Å²) in [6.07, 6.45) is 6.18. The highest BCUT2D eigenvalue weighted by Gasteiger charge is 2.30. The highest BCUT2D eigenvalue weighted by atomic mass is 16.5. The number of ether oxygens (including phenoxy) is 1. The van der Waals surface area contributed by atoms with Crippen LogP contribution in [0.4, 0.5) is 0 Å². The van der Waals surface area contributed by atoms with Crippen LogP contribution in [0, 0.1) is 5.92 Å². The summed E-state index contributed by atoms with van der Waals surface area (Å²) in [5.74, 6) is 2.02. The molecule has 1 aromatic rings. The summed E-state index contributed by atoms with van der Waals surface area (Å²) in [6.45, 7) is 9.67. The van der Waals surface area contributed by atoms with Crippen LogP contribution in [0.2, 0.25) is 0 Å². The van der Waals surface area contributed by atoms with E-state index in [-0.39, 0.29) is 0 Å². The number of nitrogens with two attached hydrogens (primary N) is 1. The zero-order valence-electron chi connectivity index (χ0n) is 14.0. The first-order valence-electron chi connectivity index (χ1n) is 8.26. The molecule has 0 aliphatic rings. The van der Waals surface area contributed by atoms with Gasteiger partial charge in [0.25, 0.3) is 0 Å². The van der Waals surface area contributed by atoms with Gasteiger partial charge in [0, 0.05) is 13.0 Å². The molecule has 21 heavy (non-hydrogen) atoms. The highest BCUT2D eigenvalue weighted by molar-refractivity contribution is 4.99. The molecule has 2 N–H and O–H groups in total. The Morgan fingerprint density at radius 2 is 2.00 bits per heavy atom. The van der Waals surface area contributed by atoms with Gasteiger partial charge >= 0.3 is 0 Å². The fourth-order valence-electron chi connectivity index (χ4n) is 2.62. The van der Waals surface area contributed by atoms with Crippen LogP contribution in [-0.2, 0) is 16.8 Å². The fraction of sp³-hybridized carbons (Fsp3) is 0.875. The first kappa shape index (κ1) is 18.1. The minimum atomic E-state index is -0.448. The Kier molecular flexibility index (Phi) is 7.89. The normalized spacial score (nSPS) is 15.9. The molecule has 0 saturated carbocycles. The number of nitrogens with zero attached hydrogens (tertiary/aromatic N) is 2. The lowest BCUT2D eigenvalue weighted by atomic mass is 9.94. The van der Waals surface area contributed by atoms with Crippen molar-refractivity contribution in [2.75, 3.05) is 13.2 Å². The van der Waals surface area contributed by atoms with E-state index in [4.69, 9.17) is 15.0 Å². The molecule has 122 valence electrons. The maximum Gasteiger partial charge on any atom is 0.226 e. The maximum absolute atomic E-state index is 5.78. The molecule has 0 aliphatic heterocycles. The average molecular weight is 297 g/mol. The summed E-state index contributed by atoms with van der Waals surface area (Å²) < 4.78 is 11.2. The molecule has 1 heterocycles. The van der Waals surface area contributed by atoms with Crippen molar-refractivity contribution in [3.05, 3.63) is 11.7 Å². The molecule has 0 aliphatic carbocycles. The molecule has 0 radical (unpaired) electrons. The second-order valence-electron chi connectivity index (χ2n) is 5.80. The third-order valence-corrected chi connectivity index (χ3v) is 4.12. The third-order valence-electron chi connectivity index (χ3n) is 4.12. The van der Waals surface area contributed by atoms with Crippen molar-refractivity contribution in [2.24, 2.45) is 11.7 Å². The van der Waals surface area contributed by atoms with Gasteiger partial charge < -0.3 is 15.0 Å². The SMILES string of the molecule is CCCC(CCN)CCc1nc(C(C)(CC)OCC)no1. The second kappa shape index (κ2) is 9.15. The van der Waals surface area contributed by atoms with Crippen LogP contribution >= 0.6 is 0 Å². The van der Waals surface area contributed by atoms with Crippen LogP contribution in [0.3, 0.4) is 0 Å². The van der Waals surface area contributed by atoms with Crippen LogP contribution in [0.25, 0.3) is 0 Å². The molecular weight excluding hydrogens is 266 g/mol. The van der Waals surface area contributed by atoms with Gasteiger partial charge in [0.05, 0.1) is 0 Å². The van der Waals surface area contributed by atoms with E-state index in [0.29, 0.717) is 24.2 Å². The Bertz CT molecular complexity index is 389. The quantitative estimate of drug-likeness (QED) is 0.677. The highest BCUT2D eigenvalue weighted by Crippen LogP contribution is 2.27. The van der Waals surface area contributed by atoms with Gasteiger partial charge in [-0.1, -0.05) is 31.8 Å². The van der Waals surface area contributed by atoms with E-state index in [1.807, 2.05) is 13.8 Å². The van der Waals surface area contributed by atoms with E-state index in [9.17, 15) is 0 Å². The van der Waals surface area contributed by atoms with Crippen molar-refractivity contribution in [2.45, 2.75) is 71.8 Å². The molecule has 0 fully saturated rings. The largest absolute Gasteiger partial charge is 0.367 e. The fourth-order valence-corrected chi connectivity index (χ4v) is 2.62. The van der Waals surface area contributed by atoms with Crippen molar-refractivity contribution in [1.29, 1.82) is 0 Å². The zero-order valence-corrected chi connectivity index (χ0v) is 14.0. The first-order valence-corrected chi connectivity index (χ1v) is 8.26. The lowest BCUT2D eigenvalue weighted by Gasteiger charge is -2.23. The number of aryl methyl sites for hydroxylation is 1. The summed E-state index contributed by atoms with van der Waals surface area (Å²) in [6, 6.07) is 0. The lowest BCUT2D eigenvalue weighted by molar-refractivity contribution is -0.0403. The Labute approximate surface area is 128 Å². The molecule has 1 aromatic heterocycles. The van der Waals surface area contributed by atoms with Gasteiger partial charge in [-0.3, -0.25) is 0 Å². The summed E-state index contributed by atoms with van der Waals surface area (Å²) in [7, 11) is 0. The van der Waals surface area contributed by atoms with Gasteiger partial charge in [-0.2, -0.15) is 4.98 Å². The van der Waals surface area contributed by atoms with E-state index in [1.54, 1.807) is 0 Å². The standard InChI is InChI=1S/C16H31N3O2/c1-5-8-13(11-12-17)9-10-14-18-15(19-21-14)16(4,6-2)20-7-3/h13H,5-12,17H2,1-4H3. The molecule has 2 atom stereocenters. The topological polar surface area (TPSA) is 74.2 Å².